The molecule has 0 unspecified atom stereocenters. The van der Waals surface area contributed by atoms with Crippen molar-refractivity contribution >= 4 is 18.0 Å². The van der Waals surface area contributed by atoms with E-state index < -0.39 is 29.7 Å². The smallest absolute Gasteiger partial charge is 0.416 e. The monoisotopic (exact) mass is 327 g/mol. The van der Waals surface area contributed by atoms with Crippen LogP contribution in [-0.4, -0.2) is 24.5 Å². The standard InChI is InChI=1S/C16H16F3NO3/c1-3-10-20-15(22)11(2)23-14(21)9-6-12-4-7-13(8-5-12)16(17,18)19/h3-9,11H,1,10H2,2H3,(H,20,22)/b9-6+/t11-/m0/s1. The number of ether oxygens (including phenoxy) is 1. The van der Waals surface area contributed by atoms with Crippen LogP contribution < -0.4 is 5.32 Å². The van der Waals surface area contributed by atoms with Gasteiger partial charge in [-0.3, -0.25) is 4.79 Å². The molecule has 4 nitrogen and oxygen atoms in total. The van der Waals surface area contributed by atoms with Gasteiger partial charge in [-0.1, -0.05) is 18.2 Å². The van der Waals surface area contributed by atoms with Crippen LogP contribution in [0.25, 0.3) is 6.08 Å². The maximum absolute atomic E-state index is 12.4. The number of esters is 1. The lowest BCUT2D eigenvalue weighted by Crippen LogP contribution is -2.35. The van der Waals surface area contributed by atoms with E-state index in [1.807, 2.05) is 0 Å². The summed E-state index contributed by atoms with van der Waals surface area (Å²) in [4.78, 5) is 23.0. The van der Waals surface area contributed by atoms with Gasteiger partial charge in [-0.05, 0) is 30.7 Å². The summed E-state index contributed by atoms with van der Waals surface area (Å²) in [6.45, 7) is 5.09. The maximum atomic E-state index is 12.4. The van der Waals surface area contributed by atoms with Gasteiger partial charge in [0.2, 0.25) is 0 Å². The number of hydrogen-bond acceptors (Lipinski definition) is 3. The Hall–Kier alpha value is -2.57. The summed E-state index contributed by atoms with van der Waals surface area (Å²) in [5.74, 6) is -1.24. The Morgan fingerprint density at radius 1 is 1.30 bits per heavy atom. The van der Waals surface area contributed by atoms with Gasteiger partial charge in [0.15, 0.2) is 6.10 Å². The Morgan fingerprint density at radius 3 is 2.43 bits per heavy atom. The van der Waals surface area contributed by atoms with Crippen LogP contribution in [0.1, 0.15) is 18.1 Å². The minimum atomic E-state index is -4.41. The highest BCUT2D eigenvalue weighted by molar-refractivity contribution is 5.90. The molecule has 1 atom stereocenters. The molecule has 0 radical (unpaired) electrons. The Bertz CT molecular complexity index is 592. The second-order valence-electron chi connectivity index (χ2n) is 4.57. The normalized spacial score (nSPS) is 12.7. The van der Waals surface area contributed by atoms with Gasteiger partial charge in [-0.15, -0.1) is 6.58 Å². The fraction of sp³-hybridized carbons (Fsp3) is 0.250. The van der Waals surface area contributed by atoms with E-state index in [4.69, 9.17) is 4.74 Å². The molecule has 124 valence electrons. The lowest BCUT2D eigenvalue weighted by molar-refractivity contribution is -0.150. The predicted molar refractivity (Wildman–Crippen MR) is 79.2 cm³/mol. The van der Waals surface area contributed by atoms with Gasteiger partial charge in [0.1, 0.15) is 0 Å². The number of benzene rings is 1. The molecule has 0 spiro atoms. The molecule has 1 rings (SSSR count). The van der Waals surface area contributed by atoms with Crippen LogP contribution in [0.3, 0.4) is 0 Å². The Balaban J connectivity index is 2.58. The summed E-state index contributed by atoms with van der Waals surface area (Å²) >= 11 is 0. The molecule has 0 aromatic heterocycles. The van der Waals surface area contributed by atoms with Crippen LogP contribution >= 0.6 is 0 Å². The third-order valence-corrected chi connectivity index (χ3v) is 2.73. The zero-order chi connectivity index (χ0) is 17.5. The summed E-state index contributed by atoms with van der Waals surface area (Å²) in [6.07, 6.45) is -1.57. The molecule has 0 bridgehead atoms. The first-order valence-electron chi connectivity index (χ1n) is 6.68. The van der Waals surface area contributed by atoms with Crippen molar-refractivity contribution in [2.45, 2.75) is 19.2 Å². The van der Waals surface area contributed by atoms with E-state index in [0.717, 1.165) is 18.2 Å². The highest BCUT2D eigenvalue weighted by Crippen LogP contribution is 2.29. The van der Waals surface area contributed by atoms with Gasteiger partial charge in [-0.25, -0.2) is 4.79 Å². The SMILES string of the molecule is C=CCNC(=O)[C@H](C)OC(=O)/C=C/c1ccc(C(F)(F)F)cc1. The molecule has 0 saturated carbocycles. The van der Waals surface area contributed by atoms with Crippen molar-refractivity contribution in [2.24, 2.45) is 0 Å². The number of rotatable bonds is 6. The topological polar surface area (TPSA) is 55.4 Å². The first kappa shape index (κ1) is 18.5. The Morgan fingerprint density at radius 2 is 1.91 bits per heavy atom. The van der Waals surface area contributed by atoms with Crippen molar-refractivity contribution in [3.63, 3.8) is 0 Å². The quantitative estimate of drug-likeness (QED) is 0.496. The fourth-order valence-electron chi connectivity index (χ4n) is 1.53. The van der Waals surface area contributed by atoms with Crippen molar-refractivity contribution in [2.75, 3.05) is 6.54 Å². The molecule has 1 N–H and O–H groups in total. The zero-order valence-electron chi connectivity index (χ0n) is 12.4. The van der Waals surface area contributed by atoms with Gasteiger partial charge in [0.25, 0.3) is 5.91 Å². The molecule has 0 saturated heterocycles. The van der Waals surface area contributed by atoms with Gasteiger partial charge in [0.05, 0.1) is 5.56 Å². The van der Waals surface area contributed by atoms with Crippen molar-refractivity contribution < 1.29 is 27.5 Å². The Labute approximate surface area is 131 Å². The summed E-state index contributed by atoms with van der Waals surface area (Å²) < 4.78 is 42.1. The number of hydrogen-bond donors (Lipinski definition) is 1. The number of halogens is 3. The Kier molecular flexibility index (Phi) is 6.56. The zero-order valence-corrected chi connectivity index (χ0v) is 12.4. The van der Waals surface area contributed by atoms with E-state index in [1.165, 1.54) is 31.2 Å². The molecular formula is C16H16F3NO3. The average Bonchev–Trinajstić information content (AvgIpc) is 2.50. The van der Waals surface area contributed by atoms with Crippen LogP contribution in [0, 0.1) is 0 Å². The molecule has 0 aliphatic heterocycles. The summed E-state index contributed by atoms with van der Waals surface area (Å²) in [5.41, 5.74) is -0.372. The fourth-order valence-corrected chi connectivity index (χ4v) is 1.53. The number of amides is 1. The van der Waals surface area contributed by atoms with Crippen molar-refractivity contribution in [3.8, 4) is 0 Å². The average molecular weight is 327 g/mol. The molecule has 1 aromatic carbocycles. The van der Waals surface area contributed by atoms with E-state index >= 15 is 0 Å². The summed E-state index contributed by atoms with van der Waals surface area (Å²) in [6, 6.07) is 4.28. The third-order valence-electron chi connectivity index (χ3n) is 2.73. The summed E-state index contributed by atoms with van der Waals surface area (Å²) in [7, 11) is 0. The van der Waals surface area contributed by atoms with Crippen LogP contribution in [-0.2, 0) is 20.5 Å². The van der Waals surface area contributed by atoms with Crippen molar-refractivity contribution in [1.82, 2.24) is 5.32 Å². The first-order valence-corrected chi connectivity index (χ1v) is 6.68. The van der Waals surface area contributed by atoms with E-state index in [2.05, 4.69) is 11.9 Å². The number of alkyl halides is 3. The van der Waals surface area contributed by atoms with E-state index in [0.29, 0.717) is 5.56 Å². The molecule has 7 heteroatoms. The lowest BCUT2D eigenvalue weighted by Gasteiger charge is -2.11. The van der Waals surface area contributed by atoms with Gasteiger partial charge >= 0.3 is 12.1 Å². The molecule has 0 aliphatic rings. The first-order chi connectivity index (χ1) is 10.7. The van der Waals surface area contributed by atoms with E-state index in [-0.39, 0.29) is 6.54 Å². The van der Waals surface area contributed by atoms with E-state index in [9.17, 15) is 22.8 Å². The van der Waals surface area contributed by atoms with E-state index in [1.54, 1.807) is 0 Å². The minimum Gasteiger partial charge on any atom is -0.449 e. The molecule has 0 aliphatic carbocycles. The molecule has 23 heavy (non-hydrogen) atoms. The highest BCUT2D eigenvalue weighted by atomic mass is 19.4. The van der Waals surface area contributed by atoms with Crippen LogP contribution in [0.15, 0.2) is 43.0 Å². The molecule has 0 heterocycles. The van der Waals surface area contributed by atoms with Crippen LogP contribution in [0.2, 0.25) is 0 Å². The van der Waals surface area contributed by atoms with Crippen molar-refractivity contribution in [1.29, 1.82) is 0 Å². The lowest BCUT2D eigenvalue weighted by atomic mass is 10.1. The molecule has 0 fully saturated rings. The predicted octanol–water partition coefficient (Wildman–Crippen LogP) is 2.95. The second kappa shape index (κ2) is 8.17. The number of nitrogens with one attached hydrogen (secondary N) is 1. The molecular weight excluding hydrogens is 311 g/mol. The second-order valence-corrected chi connectivity index (χ2v) is 4.57. The third kappa shape index (κ3) is 6.37. The summed E-state index contributed by atoms with van der Waals surface area (Å²) in [5, 5.41) is 2.47. The highest BCUT2D eigenvalue weighted by Gasteiger charge is 2.29. The van der Waals surface area contributed by atoms with Crippen LogP contribution in [0.4, 0.5) is 13.2 Å². The van der Waals surface area contributed by atoms with Crippen LogP contribution in [0.5, 0.6) is 0 Å². The van der Waals surface area contributed by atoms with Gasteiger partial charge < -0.3 is 10.1 Å². The molecule has 1 amide bonds. The largest absolute Gasteiger partial charge is 0.449 e. The maximum Gasteiger partial charge on any atom is 0.416 e. The minimum absolute atomic E-state index is 0.252. The van der Waals surface area contributed by atoms with Gasteiger partial charge in [-0.2, -0.15) is 13.2 Å². The molecule has 1 aromatic rings. The number of carbonyl (C=O) groups excluding carboxylic acids is 2. The van der Waals surface area contributed by atoms with Crippen molar-refractivity contribution in [3.05, 3.63) is 54.1 Å². The number of carbonyl (C=O) groups is 2. The van der Waals surface area contributed by atoms with Gasteiger partial charge in [0, 0.05) is 12.6 Å².